The number of carbonyl (C=O) groups is 1. The van der Waals surface area contributed by atoms with Crippen LogP contribution in [0.1, 0.15) is 12.3 Å². The summed E-state index contributed by atoms with van der Waals surface area (Å²) >= 11 is 0. The zero-order valence-electron chi connectivity index (χ0n) is 14.3. The Hall–Kier alpha value is -2.90. The highest BCUT2D eigenvalue weighted by Crippen LogP contribution is 2.30. The fourth-order valence-electron chi connectivity index (χ4n) is 2.86. The van der Waals surface area contributed by atoms with Gasteiger partial charge in [-0.1, -0.05) is 5.16 Å². The molecule has 8 nitrogen and oxygen atoms in total. The highest BCUT2D eigenvalue weighted by Gasteiger charge is 2.39. The van der Waals surface area contributed by atoms with E-state index in [1.165, 1.54) is 12.6 Å². The molecule has 5 rings (SSSR count). The standard InChI is InChI=1S/C13H12F3N5O.C2HF3O2/c14-13(15,16)12-19-11(20-22-12)7-1-2-10(17-4-7)21-5-8-3-9(6-21)18-8;3-2(4,5)1(6)7/h1-2,4,8-9,18H,3,5-6H2;(H,6,7). The van der Waals surface area contributed by atoms with Gasteiger partial charge in [0.15, 0.2) is 0 Å². The van der Waals surface area contributed by atoms with Crippen molar-refractivity contribution in [2.75, 3.05) is 18.0 Å². The zero-order chi connectivity index (χ0) is 21.4. The van der Waals surface area contributed by atoms with Crippen LogP contribution in [0, 0.1) is 0 Å². The minimum Gasteiger partial charge on any atom is -0.475 e. The van der Waals surface area contributed by atoms with Crippen LogP contribution in [0.2, 0.25) is 0 Å². The normalized spacial score (nSPS) is 21.1. The summed E-state index contributed by atoms with van der Waals surface area (Å²) in [6, 6.07) is 4.43. The molecular weight excluding hydrogens is 412 g/mol. The van der Waals surface area contributed by atoms with Gasteiger partial charge in [0, 0.05) is 36.9 Å². The first-order valence-electron chi connectivity index (χ1n) is 8.12. The molecule has 2 bridgehead atoms. The Morgan fingerprint density at radius 1 is 1.17 bits per heavy atom. The number of rotatable bonds is 2. The molecule has 0 radical (unpaired) electrons. The molecule has 2 atom stereocenters. The molecule has 0 aliphatic carbocycles. The Morgan fingerprint density at radius 2 is 1.76 bits per heavy atom. The Balaban J connectivity index is 0.000000298. The lowest BCUT2D eigenvalue weighted by Crippen LogP contribution is -2.67. The number of alkyl halides is 6. The van der Waals surface area contributed by atoms with Gasteiger partial charge in [0.25, 0.3) is 0 Å². The second-order valence-electron chi connectivity index (χ2n) is 6.33. The number of nitrogens with one attached hydrogen (secondary N) is 1. The fraction of sp³-hybridized carbons (Fsp3) is 0.467. The van der Waals surface area contributed by atoms with E-state index >= 15 is 0 Å². The van der Waals surface area contributed by atoms with E-state index < -0.39 is 24.2 Å². The minimum absolute atomic E-state index is 0.116. The third-order valence-corrected chi connectivity index (χ3v) is 4.16. The van der Waals surface area contributed by atoms with Crippen molar-refractivity contribution in [3.63, 3.8) is 0 Å². The summed E-state index contributed by atoms with van der Waals surface area (Å²) in [5.41, 5.74) is 0.392. The maximum absolute atomic E-state index is 12.4. The molecule has 0 spiro atoms. The van der Waals surface area contributed by atoms with Crippen molar-refractivity contribution in [3.05, 3.63) is 24.2 Å². The smallest absolute Gasteiger partial charge is 0.475 e. The largest absolute Gasteiger partial charge is 0.490 e. The van der Waals surface area contributed by atoms with Gasteiger partial charge in [-0.15, -0.1) is 0 Å². The second-order valence-corrected chi connectivity index (χ2v) is 6.33. The van der Waals surface area contributed by atoms with Crippen molar-refractivity contribution in [1.29, 1.82) is 0 Å². The first-order chi connectivity index (χ1) is 13.4. The average molecular weight is 425 g/mol. The summed E-state index contributed by atoms with van der Waals surface area (Å²) < 4.78 is 73.3. The Bertz CT molecular complexity index is 851. The van der Waals surface area contributed by atoms with Crippen LogP contribution in [0.3, 0.4) is 0 Å². The summed E-state index contributed by atoms with van der Waals surface area (Å²) in [4.78, 5) is 18.7. The zero-order valence-corrected chi connectivity index (χ0v) is 14.3. The molecule has 3 aliphatic rings. The molecular formula is C15H13F6N5O3. The van der Waals surface area contributed by atoms with Crippen molar-refractivity contribution >= 4 is 11.8 Å². The van der Waals surface area contributed by atoms with Gasteiger partial charge < -0.3 is 19.8 Å². The number of aromatic nitrogens is 3. The number of hydrogen-bond donors (Lipinski definition) is 2. The molecule has 14 heteroatoms. The van der Waals surface area contributed by atoms with Crippen molar-refractivity contribution in [3.8, 4) is 11.4 Å². The molecule has 3 aliphatic heterocycles. The maximum atomic E-state index is 12.4. The van der Waals surface area contributed by atoms with E-state index in [-0.39, 0.29) is 5.82 Å². The van der Waals surface area contributed by atoms with Crippen molar-refractivity contribution in [2.24, 2.45) is 0 Å². The lowest BCUT2D eigenvalue weighted by molar-refractivity contribution is -0.192. The first-order valence-corrected chi connectivity index (χ1v) is 8.12. The Labute approximate surface area is 158 Å². The van der Waals surface area contributed by atoms with Gasteiger partial charge in [-0.3, -0.25) is 0 Å². The SMILES string of the molecule is FC(F)(F)c1nc(-c2ccc(N3CC4CC(C3)N4)nc2)no1.O=C(O)C(F)(F)F. The predicted octanol–water partition coefficient (Wildman–Crippen LogP) is 2.33. The molecule has 2 unspecified atom stereocenters. The third kappa shape index (κ3) is 4.93. The van der Waals surface area contributed by atoms with Gasteiger partial charge in [0.05, 0.1) is 0 Å². The van der Waals surface area contributed by atoms with E-state index in [0.717, 1.165) is 18.9 Å². The molecule has 3 fully saturated rings. The first kappa shape index (κ1) is 20.8. The summed E-state index contributed by atoms with van der Waals surface area (Å²) in [5.74, 6) is -3.42. The van der Waals surface area contributed by atoms with Crippen LogP contribution in [0.15, 0.2) is 22.9 Å². The van der Waals surface area contributed by atoms with Crippen molar-refractivity contribution in [1.82, 2.24) is 20.4 Å². The number of halogens is 6. The van der Waals surface area contributed by atoms with Crippen LogP contribution in [-0.4, -0.2) is 57.5 Å². The molecule has 158 valence electrons. The van der Waals surface area contributed by atoms with Crippen LogP contribution < -0.4 is 10.2 Å². The van der Waals surface area contributed by atoms with E-state index in [1.807, 2.05) is 0 Å². The quantitative estimate of drug-likeness (QED) is 0.707. The number of piperazine rings is 1. The number of piperidine rings is 1. The van der Waals surface area contributed by atoms with Crippen LogP contribution in [-0.2, 0) is 11.0 Å². The Kier molecular flexibility index (Phi) is 5.38. The summed E-state index contributed by atoms with van der Waals surface area (Å²) in [6.45, 7) is 1.78. The molecule has 29 heavy (non-hydrogen) atoms. The highest BCUT2D eigenvalue weighted by molar-refractivity contribution is 5.73. The number of anilines is 1. The van der Waals surface area contributed by atoms with Gasteiger partial charge in [-0.2, -0.15) is 31.3 Å². The number of nitrogens with zero attached hydrogens (tertiary/aromatic N) is 4. The van der Waals surface area contributed by atoms with E-state index in [9.17, 15) is 26.3 Å². The molecule has 2 aromatic heterocycles. The maximum Gasteiger partial charge on any atom is 0.490 e. The number of hydrogen-bond acceptors (Lipinski definition) is 7. The van der Waals surface area contributed by atoms with Gasteiger partial charge in [0.1, 0.15) is 5.82 Å². The fourth-order valence-corrected chi connectivity index (χ4v) is 2.86. The topological polar surface area (TPSA) is 104 Å². The van der Waals surface area contributed by atoms with E-state index in [0.29, 0.717) is 17.6 Å². The molecule has 0 aromatic carbocycles. The average Bonchev–Trinajstić information content (AvgIpc) is 3.12. The number of carboxylic acids is 1. The monoisotopic (exact) mass is 425 g/mol. The van der Waals surface area contributed by atoms with Crippen LogP contribution >= 0.6 is 0 Å². The molecule has 2 aromatic rings. The van der Waals surface area contributed by atoms with Crippen LogP contribution in [0.4, 0.5) is 32.2 Å². The molecule has 5 heterocycles. The van der Waals surface area contributed by atoms with Crippen molar-refractivity contribution in [2.45, 2.75) is 30.9 Å². The molecule has 3 saturated heterocycles. The number of pyridine rings is 1. The lowest BCUT2D eigenvalue weighted by Gasteiger charge is -2.48. The minimum atomic E-state index is -5.08. The predicted molar refractivity (Wildman–Crippen MR) is 83.8 cm³/mol. The summed E-state index contributed by atoms with van der Waals surface area (Å²) in [6.07, 6.45) is -7.06. The van der Waals surface area contributed by atoms with E-state index in [4.69, 9.17) is 9.90 Å². The highest BCUT2D eigenvalue weighted by atomic mass is 19.4. The van der Waals surface area contributed by atoms with E-state index in [2.05, 4.69) is 29.9 Å². The van der Waals surface area contributed by atoms with Crippen LogP contribution in [0.25, 0.3) is 11.4 Å². The number of fused-ring (bicyclic) bond motifs is 2. The Morgan fingerprint density at radius 3 is 2.17 bits per heavy atom. The molecule has 0 saturated carbocycles. The van der Waals surface area contributed by atoms with E-state index in [1.54, 1.807) is 12.1 Å². The summed E-state index contributed by atoms with van der Waals surface area (Å²) in [5, 5.41) is 13.9. The molecule has 2 N–H and O–H groups in total. The third-order valence-electron chi connectivity index (χ3n) is 4.16. The second kappa shape index (κ2) is 7.50. The molecule has 0 amide bonds. The van der Waals surface area contributed by atoms with Crippen molar-refractivity contribution < 1.29 is 40.8 Å². The van der Waals surface area contributed by atoms with Gasteiger partial charge in [0.2, 0.25) is 5.82 Å². The van der Waals surface area contributed by atoms with Gasteiger partial charge in [-0.05, 0) is 18.6 Å². The van der Waals surface area contributed by atoms with Gasteiger partial charge in [-0.25, -0.2) is 9.78 Å². The number of aliphatic carboxylic acids is 1. The van der Waals surface area contributed by atoms with Crippen LogP contribution in [0.5, 0.6) is 0 Å². The number of carboxylic acid groups (broad SMARTS) is 1. The van der Waals surface area contributed by atoms with Gasteiger partial charge >= 0.3 is 24.2 Å². The summed E-state index contributed by atoms with van der Waals surface area (Å²) in [7, 11) is 0. The lowest BCUT2D eigenvalue weighted by atomic mass is 9.91.